The normalized spacial score (nSPS) is 11.3. The summed E-state index contributed by atoms with van der Waals surface area (Å²) in [5, 5.41) is 8.91. The molecule has 0 spiro atoms. The SMILES string of the molecule is Cc1nc2ccccn2c1C(=O)NN=Cc1cn(-c2ccccc2)nc1-c1cccnc1. The molecule has 8 heteroatoms. The molecule has 0 fully saturated rings. The molecule has 5 rings (SSSR count). The van der Waals surface area contributed by atoms with E-state index in [4.69, 9.17) is 5.10 Å². The lowest BCUT2D eigenvalue weighted by atomic mass is 10.1. The van der Waals surface area contributed by atoms with E-state index in [1.165, 1.54) is 0 Å². The van der Waals surface area contributed by atoms with Crippen molar-refractivity contribution in [1.29, 1.82) is 0 Å². The second kappa shape index (κ2) is 8.27. The number of hydrogen-bond acceptors (Lipinski definition) is 5. The van der Waals surface area contributed by atoms with Gasteiger partial charge in [0.15, 0.2) is 0 Å². The first-order chi connectivity index (χ1) is 15.7. The highest BCUT2D eigenvalue weighted by atomic mass is 16.2. The third kappa shape index (κ3) is 3.65. The van der Waals surface area contributed by atoms with E-state index in [9.17, 15) is 4.79 Å². The zero-order valence-corrected chi connectivity index (χ0v) is 17.3. The van der Waals surface area contributed by atoms with Crippen LogP contribution >= 0.6 is 0 Å². The number of amides is 1. The lowest BCUT2D eigenvalue weighted by Crippen LogP contribution is -2.20. The van der Waals surface area contributed by atoms with Gasteiger partial charge in [0.1, 0.15) is 17.0 Å². The Kier molecular flexibility index (Phi) is 5.01. The van der Waals surface area contributed by atoms with Crippen LogP contribution in [0.2, 0.25) is 0 Å². The molecule has 0 unspecified atom stereocenters. The highest BCUT2D eigenvalue weighted by Gasteiger charge is 2.16. The third-order valence-electron chi connectivity index (χ3n) is 4.99. The largest absolute Gasteiger partial charge is 0.295 e. The fraction of sp³-hybridized carbons (Fsp3) is 0.0417. The number of nitrogens with zero attached hydrogens (tertiary/aromatic N) is 6. The molecule has 0 saturated heterocycles. The van der Waals surface area contributed by atoms with E-state index in [-0.39, 0.29) is 5.91 Å². The molecule has 8 nitrogen and oxygen atoms in total. The first kappa shape index (κ1) is 19.4. The van der Waals surface area contributed by atoms with Crippen molar-refractivity contribution in [2.45, 2.75) is 6.92 Å². The van der Waals surface area contributed by atoms with Gasteiger partial charge in [-0.1, -0.05) is 24.3 Å². The molecule has 4 aromatic heterocycles. The Bertz CT molecular complexity index is 1420. The molecule has 0 aliphatic rings. The van der Waals surface area contributed by atoms with Crippen molar-refractivity contribution in [3.05, 3.63) is 102 Å². The van der Waals surface area contributed by atoms with Gasteiger partial charge in [-0.05, 0) is 43.3 Å². The number of hydrogen-bond donors (Lipinski definition) is 1. The standard InChI is InChI=1S/C24H19N7O/c1-17-23(30-13-6-5-11-21(30)27-17)24(32)28-26-15-19-16-31(20-9-3-2-4-10-20)29-22(19)18-8-7-12-25-14-18/h2-16H,1H3,(H,28,32). The van der Waals surface area contributed by atoms with Crippen molar-refractivity contribution < 1.29 is 4.79 Å². The smallest absolute Gasteiger partial charge is 0.290 e. The van der Waals surface area contributed by atoms with Gasteiger partial charge in [-0.25, -0.2) is 15.1 Å². The van der Waals surface area contributed by atoms with Gasteiger partial charge in [-0.2, -0.15) is 10.2 Å². The number of pyridine rings is 2. The summed E-state index contributed by atoms with van der Waals surface area (Å²) >= 11 is 0. The van der Waals surface area contributed by atoms with Crippen molar-refractivity contribution in [2.75, 3.05) is 0 Å². The van der Waals surface area contributed by atoms with Gasteiger partial charge >= 0.3 is 0 Å². The van der Waals surface area contributed by atoms with Gasteiger partial charge in [-0.15, -0.1) is 0 Å². The van der Waals surface area contributed by atoms with Gasteiger partial charge in [0.05, 0.1) is 17.6 Å². The number of nitrogens with one attached hydrogen (secondary N) is 1. The quantitative estimate of drug-likeness (QED) is 0.346. The highest BCUT2D eigenvalue weighted by Crippen LogP contribution is 2.21. The molecule has 0 atom stereocenters. The molecule has 1 N–H and O–H groups in total. The Balaban J connectivity index is 1.46. The van der Waals surface area contributed by atoms with E-state index in [1.54, 1.807) is 40.8 Å². The molecular weight excluding hydrogens is 402 g/mol. The molecular formula is C24H19N7O. The maximum atomic E-state index is 12.8. The van der Waals surface area contributed by atoms with Crippen LogP contribution < -0.4 is 5.43 Å². The third-order valence-corrected chi connectivity index (χ3v) is 4.99. The summed E-state index contributed by atoms with van der Waals surface area (Å²) in [6, 6.07) is 19.2. The van der Waals surface area contributed by atoms with Crippen LogP contribution in [0.4, 0.5) is 0 Å². The second-order valence-corrected chi connectivity index (χ2v) is 7.13. The van der Waals surface area contributed by atoms with Crippen molar-refractivity contribution >= 4 is 17.8 Å². The zero-order chi connectivity index (χ0) is 21.9. The van der Waals surface area contributed by atoms with Crippen LogP contribution in [0.5, 0.6) is 0 Å². The average Bonchev–Trinajstić information content (AvgIpc) is 3.40. The van der Waals surface area contributed by atoms with Crippen LogP contribution in [-0.4, -0.2) is 36.3 Å². The number of para-hydroxylation sites is 1. The van der Waals surface area contributed by atoms with Crippen LogP contribution in [0.15, 0.2) is 90.6 Å². The minimum absolute atomic E-state index is 0.337. The van der Waals surface area contributed by atoms with Crippen LogP contribution in [0.1, 0.15) is 21.7 Å². The van der Waals surface area contributed by atoms with Crippen LogP contribution in [0, 0.1) is 6.92 Å². The minimum Gasteiger partial charge on any atom is -0.295 e. The topological polar surface area (TPSA) is 89.5 Å². The Morgan fingerprint density at radius 1 is 1.06 bits per heavy atom. The molecule has 1 amide bonds. The molecule has 1 aromatic carbocycles. The van der Waals surface area contributed by atoms with Gasteiger partial charge < -0.3 is 0 Å². The highest BCUT2D eigenvalue weighted by molar-refractivity contribution is 5.96. The zero-order valence-electron chi connectivity index (χ0n) is 17.3. The summed E-state index contributed by atoms with van der Waals surface area (Å²) in [7, 11) is 0. The first-order valence-electron chi connectivity index (χ1n) is 10.0. The molecule has 0 aliphatic heterocycles. The summed E-state index contributed by atoms with van der Waals surface area (Å²) in [4.78, 5) is 21.4. The number of fused-ring (bicyclic) bond motifs is 1. The number of aryl methyl sites for hydroxylation is 1. The minimum atomic E-state index is -0.337. The maximum Gasteiger partial charge on any atom is 0.290 e. The van der Waals surface area contributed by atoms with Gasteiger partial charge in [0.25, 0.3) is 5.91 Å². The Morgan fingerprint density at radius 2 is 1.91 bits per heavy atom. The first-order valence-corrected chi connectivity index (χ1v) is 10.0. The Hall–Kier alpha value is -4.59. The fourth-order valence-corrected chi connectivity index (χ4v) is 3.52. The predicted octanol–water partition coefficient (Wildman–Crippen LogP) is 3.65. The summed E-state index contributed by atoms with van der Waals surface area (Å²) in [6.45, 7) is 1.80. The van der Waals surface area contributed by atoms with Crippen molar-refractivity contribution in [1.82, 2.24) is 29.6 Å². The number of hydrazone groups is 1. The van der Waals surface area contributed by atoms with Gasteiger partial charge in [0.2, 0.25) is 0 Å². The number of aromatic nitrogens is 5. The van der Waals surface area contributed by atoms with E-state index in [0.717, 1.165) is 16.8 Å². The predicted molar refractivity (Wildman–Crippen MR) is 122 cm³/mol. The second-order valence-electron chi connectivity index (χ2n) is 7.13. The number of rotatable bonds is 5. The molecule has 32 heavy (non-hydrogen) atoms. The summed E-state index contributed by atoms with van der Waals surface area (Å²) in [6.07, 6.45) is 8.72. The van der Waals surface area contributed by atoms with Crippen molar-refractivity contribution in [3.8, 4) is 16.9 Å². The van der Waals surface area contributed by atoms with Crippen molar-refractivity contribution in [3.63, 3.8) is 0 Å². The number of benzene rings is 1. The molecule has 0 aliphatic carbocycles. The summed E-state index contributed by atoms with van der Waals surface area (Å²) in [5.41, 5.74) is 7.64. The average molecular weight is 421 g/mol. The molecule has 0 bridgehead atoms. The monoisotopic (exact) mass is 421 g/mol. The molecule has 4 heterocycles. The van der Waals surface area contributed by atoms with E-state index in [2.05, 4.69) is 20.5 Å². The number of imidazole rings is 1. The lowest BCUT2D eigenvalue weighted by Gasteiger charge is -2.01. The van der Waals surface area contributed by atoms with E-state index >= 15 is 0 Å². The molecule has 0 saturated carbocycles. The van der Waals surface area contributed by atoms with Gasteiger partial charge in [0, 0.05) is 35.9 Å². The van der Waals surface area contributed by atoms with E-state index in [1.807, 2.05) is 66.9 Å². The van der Waals surface area contributed by atoms with Crippen LogP contribution in [0.3, 0.4) is 0 Å². The van der Waals surface area contributed by atoms with E-state index < -0.39 is 0 Å². The summed E-state index contributed by atoms with van der Waals surface area (Å²) < 4.78 is 3.52. The molecule has 156 valence electrons. The van der Waals surface area contributed by atoms with Gasteiger partial charge in [-0.3, -0.25) is 14.2 Å². The Labute approximate surface area is 183 Å². The lowest BCUT2D eigenvalue weighted by molar-refractivity contribution is 0.0948. The summed E-state index contributed by atoms with van der Waals surface area (Å²) in [5.74, 6) is -0.337. The fourth-order valence-electron chi connectivity index (χ4n) is 3.52. The maximum absolute atomic E-state index is 12.8. The van der Waals surface area contributed by atoms with Crippen LogP contribution in [0.25, 0.3) is 22.6 Å². The molecule has 5 aromatic rings. The number of carbonyl (C=O) groups is 1. The van der Waals surface area contributed by atoms with Crippen molar-refractivity contribution in [2.24, 2.45) is 5.10 Å². The number of carbonyl (C=O) groups excluding carboxylic acids is 1. The molecule has 0 radical (unpaired) electrons. The Morgan fingerprint density at radius 3 is 2.72 bits per heavy atom. The van der Waals surface area contributed by atoms with E-state index in [0.29, 0.717) is 22.7 Å². The van der Waals surface area contributed by atoms with Crippen LogP contribution in [-0.2, 0) is 0 Å².